The Bertz CT molecular complexity index is 701. The molecule has 1 aromatic carbocycles. The fraction of sp³-hybridized carbons (Fsp3) is 0.353. The Morgan fingerprint density at radius 2 is 1.92 bits per heavy atom. The summed E-state index contributed by atoms with van der Waals surface area (Å²) >= 11 is 0. The standard InChI is InChI=1S/C17H24N6O/c1-12-5-6-14(9-13(12)2)21-17(24)19-8-7-18-16-10-15(23(3)4)11-20-22-16/h5-6,9-11H,7-8H2,1-4H3,(H,18,22)(H2,19,21,24). The fourth-order valence-electron chi connectivity index (χ4n) is 2.05. The quantitative estimate of drug-likeness (QED) is 0.709. The van der Waals surface area contributed by atoms with Crippen molar-refractivity contribution in [3.63, 3.8) is 0 Å². The Kier molecular flexibility index (Phi) is 5.95. The van der Waals surface area contributed by atoms with E-state index in [0.717, 1.165) is 16.9 Å². The SMILES string of the molecule is Cc1ccc(NC(=O)NCCNc2cc(N(C)C)cnn2)cc1C. The maximum Gasteiger partial charge on any atom is 0.319 e. The molecular weight excluding hydrogens is 304 g/mol. The van der Waals surface area contributed by atoms with Gasteiger partial charge in [-0.15, -0.1) is 5.10 Å². The molecule has 0 aliphatic heterocycles. The monoisotopic (exact) mass is 328 g/mol. The van der Waals surface area contributed by atoms with Crippen molar-refractivity contribution < 1.29 is 4.79 Å². The molecule has 1 aromatic heterocycles. The Morgan fingerprint density at radius 3 is 2.62 bits per heavy atom. The zero-order valence-electron chi connectivity index (χ0n) is 14.6. The first kappa shape index (κ1) is 17.5. The van der Waals surface area contributed by atoms with Gasteiger partial charge in [-0.2, -0.15) is 5.10 Å². The van der Waals surface area contributed by atoms with Crippen molar-refractivity contribution in [3.8, 4) is 0 Å². The van der Waals surface area contributed by atoms with Crippen LogP contribution in [0.25, 0.3) is 0 Å². The fourth-order valence-corrected chi connectivity index (χ4v) is 2.05. The van der Waals surface area contributed by atoms with E-state index in [0.29, 0.717) is 18.9 Å². The Morgan fingerprint density at radius 1 is 1.12 bits per heavy atom. The molecule has 0 aliphatic rings. The first-order chi connectivity index (χ1) is 11.5. The van der Waals surface area contributed by atoms with Gasteiger partial charge < -0.3 is 20.9 Å². The number of hydrogen-bond donors (Lipinski definition) is 3. The van der Waals surface area contributed by atoms with Crippen molar-refractivity contribution in [1.29, 1.82) is 0 Å². The molecule has 1 heterocycles. The summed E-state index contributed by atoms with van der Waals surface area (Å²) in [6.07, 6.45) is 1.69. The van der Waals surface area contributed by atoms with Gasteiger partial charge >= 0.3 is 6.03 Å². The molecule has 7 nitrogen and oxygen atoms in total. The number of benzene rings is 1. The maximum absolute atomic E-state index is 11.9. The lowest BCUT2D eigenvalue weighted by Crippen LogP contribution is -2.32. The van der Waals surface area contributed by atoms with E-state index in [-0.39, 0.29) is 6.03 Å². The average Bonchev–Trinajstić information content (AvgIpc) is 2.55. The van der Waals surface area contributed by atoms with Crippen molar-refractivity contribution in [2.24, 2.45) is 0 Å². The van der Waals surface area contributed by atoms with Gasteiger partial charge in [-0.05, 0) is 37.1 Å². The third kappa shape index (κ3) is 5.12. The van der Waals surface area contributed by atoms with E-state index >= 15 is 0 Å². The number of aryl methyl sites for hydroxylation is 2. The summed E-state index contributed by atoms with van der Waals surface area (Å²) in [5.41, 5.74) is 4.10. The minimum atomic E-state index is -0.229. The highest BCUT2D eigenvalue weighted by atomic mass is 16.2. The van der Waals surface area contributed by atoms with E-state index in [1.807, 2.05) is 57.1 Å². The van der Waals surface area contributed by atoms with Gasteiger partial charge in [-0.1, -0.05) is 6.07 Å². The highest BCUT2D eigenvalue weighted by Crippen LogP contribution is 2.14. The topological polar surface area (TPSA) is 82.2 Å². The van der Waals surface area contributed by atoms with Crippen molar-refractivity contribution in [2.75, 3.05) is 42.7 Å². The first-order valence-electron chi connectivity index (χ1n) is 7.82. The summed E-state index contributed by atoms with van der Waals surface area (Å²) < 4.78 is 0. The van der Waals surface area contributed by atoms with Gasteiger partial charge in [0.2, 0.25) is 0 Å². The smallest absolute Gasteiger partial charge is 0.319 e. The van der Waals surface area contributed by atoms with E-state index in [1.165, 1.54) is 5.56 Å². The summed E-state index contributed by atoms with van der Waals surface area (Å²) in [6, 6.07) is 7.51. The third-order valence-electron chi connectivity index (χ3n) is 3.64. The molecule has 7 heteroatoms. The number of rotatable bonds is 6. The van der Waals surface area contributed by atoms with Gasteiger partial charge in [0.1, 0.15) is 0 Å². The zero-order chi connectivity index (χ0) is 17.5. The Labute approximate surface area is 142 Å². The van der Waals surface area contributed by atoms with E-state index in [4.69, 9.17) is 0 Å². The van der Waals surface area contributed by atoms with E-state index in [1.54, 1.807) is 6.20 Å². The zero-order valence-corrected chi connectivity index (χ0v) is 14.6. The van der Waals surface area contributed by atoms with E-state index in [9.17, 15) is 4.79 Å². The lowest BCUT2D eigenvalue weighted by Gasteiger charge is -2.13. The molecule has 128 valence electrons. The highest BCUT2D eigenvalue weighted by molar-refractivity contribution is 5.89. The van der Waals surface area contributed by atoms with E-state index < -0.39 is 0 Å². The average molecular weight is 328 g/mol. The summed E-state index contributed by atoms with van der Waals surface area (Å²) in [4.78, 5) is 13.8. The van der Waals surface area contributed by atoms with Gasteiger partial charge in [-0.25, -0.2) is 4.79 Å². The third-order valence-corrected chi connectivity index (χ3v) is 3.64. The molecule has 0 fully saturated rings. The van der Waals surface area contributed by atoms with Crippen molar-refractivity contribution >= 4 is 23.2 Å². The minimum Gasteiger partial charge on any atom is -0.376 e. The predicted molar refractivity (Wildman–Crippen MR) is 97.8 cm³/mol. The second-order valence-corrected chi connectivity index (χ2v) is 5.80. The van der Waals surface area contributed by atoms with Gasteiger partial charge in [0, 0.05) is 38.9 Å². The minimum absolute atomic E-state index is 0.229. The molecule has 0 saturated carbocycles. The van der Waals surface area contributed by atoms with Crippen molar-refractivity contribution in [2.45, 2.75) is 13.8 Å². The molecule has 2 rings (SSSR count). The summed E-state index contributed by atoms with van der Waals surface area (Å²) in [5, 5.41) is 16.7. The molecule has 0 atom stereocenters. The van der Waals surface area contributed by atoms with Crippen LogP contribution in [0.15, 0.2) is 30.5 Å². The normalized spacial score (nSPS) is 10.2. The first-order valence-corrected chi connectivity index (χ1v) is 7.82. The second-order valence-electron chi connectivity index (χ2n) is 5.80. The van der Waals surface area contributed by atoms with Crippen LogP contribution in [0.5, 0.6) is 0 Å². The molecule has 0 unspecified atom stereocenters. The molecule has 2 amide bonds. The van der Waals surface area contributed by atoms with Crippen LogP contribution in [-0.4, -0.2) is 43.4 Å². The summed E-state index contributed by atoms with van der Waals surface area (Å²) in [6.45, 7) is 5.10. The maximum atomic E-state index is 11.9. The van der Waals surface area contributed by atoms with Gasteiger partial charge in [0.15, 0.2) is 5.82 Å². The Hall–Kier alpha value is -2.83. The van der Waals surface area contributed by atoms with Gasteiger partial charge in [0.05, 0.1) is 11.9 Å². The molecule has 0 aliphatic carbocycles. The molecule has 3 N–H and O–H groups in total. The van der Waals surface area contributed by atoms with Crippen molar-refractivity contribution in [1.82, 2.24) is 15.5 Å². The lowest BCUT2D eigenvalue weighted by molar-refractivity contribution is 0.252. The predicted octanol–water partition coefficient (Wildman–Crippen LogP) is 2.39. The van der Waals surface area contributed by atoms with Crippen LogP contribution in [0.1, 0.15) is 11.1 Å². The number of hydrogen-bond acceptors (Lipinski definition) is 5. The summed E-state index contributed by atoms with van der Waals surface area (Å²) in [5.74, 6) is 0.678. The van der Waals surface area contributed by atoms with Crippen LogP contribution in [0.3, 0.4) is 0 Å². The van der Waals surface area contributed by atoms with Crippen LogP contribution >= 0.6 is 0 Å². The Balaban J connectivity index is 1.74. The van der Waals surface area contributed by atoms with Crippen LogP contribution in [-0.2, 0) is 0 Å². The number of urea groups is 1. The van der Waals surface area contributed by atoms with E-state index in [2.05, 4.69) is 26.1 Å². The van der Waals surface area contributed by atoms with Gasteiger partial charge in [-0.3, -0.25) is 0 Å². The number of anilines is 3. The number of nitrogens with one attached hydrogen (secondary N) is 3. The number of carbonyl (C=O) groups is 1. The molecule has 0 spiro atoms. The number of nitrogens with zero attached hydrogens (tertiary/aromatic N) is 3. The molecule has 0 radical (unpaired) electrons. The van der Waals surface area contributed by atoms with Crippen LogP contribution in [0, 0.1) is 13.8 Å². The van der Waals surface area contributed by atoms with Crippen molar-refractivity contribution in [3.05, 3.63) is 41.6 Å². The molecule has 2 aromatic rings. The molecule has 0 saturated heterocycles. The number of aromatic nitrogens is 2. The van der Waals surface area contributed by atoms with Crippen LogP contribution < -0.4 is 20.9 Å². The lowest BCUT2D eigenvalue weighted by atomic mass is 10.1. The van der Waals surface area contributed by atoms with Gasteiger partial charge in [0.25, 0.3) is 0 Å². The van der Waals surface area contributed by atoms with Crippen LogP contribution in [0.2, 0.25) is 0 Å². The molecule has 0 bridgehead atoms. The highest BCUT2D eigenvalue weighted by Gasteiger charge is 2.03. The number of carbonyl (C=O) groups excluding carboxylic acids is 1. The largest absolute Gasteiger partial charge is 0.376 e. The summed E-state index contributed by atoms with van der Waals surface area (Å²) in [7, 11) is 3.89. The molecule has 24 heavy (non-hydrogen) atoms. The van der Waals surface area contributed by atoms with Crippen LogP contribution in [0.4, 0.5) is 22.0 Å². The number of amides is 2. The second kappa shape index (κ2) is 8.14. The molecular formula is C17H24N6O.